The zero-order valence-electron chi connectivity index (χ0n) is 12.5. The van der Waals surface area contributed by atoms with Gasteiger partial charge in [0, 0.05) is 23.1 Å². The Balaban J connectivity index is 2.14. The van der Waals surface area contributed by atoms with Crippen LogP contribution >= 0.6 is 0 Å². The summed E-state index contributed by atoms with van der Waals surface area (Å²) in [6.07, 6.45) is 0. The van der Waals surface area contributed by atoms with Crippen LogP contribution in [0.1, 0.15) is 0 Å². The van der Waals surface area contributed by atoms with Crippen molar-refractivity contribution in [3.63, 3.8) is 0 Å². The van der Waals surface area contributed by atoms with E-state index in [4.69, 9.17) is 18.6 Å². The van der Waals surface area contributed by atoms with E-state index >= 15 is 0 Å². The largest absolute Gasteiger partial charge is 0.508 e. The molecule has 1 heterocycles. The van der Waals surface area contributed by atoms with Crippen LogP contribution in [0.3, 0.4) is 0 Å². The van der Waals surface area contributed by atoms with Crippen molar-refractivity contribution in [2.24, 2.45) is 0 Å². The second-order valence-corrected chi connectivity index (χ2v) is 4.78. The molecule has 1 N–H and O–H groups in total. The van der Waals surface area contributed by atoms with Crippen molar-refractivity contribution in [1.29, 1.82) is 0 Å². The van der Waals surface area contributed by atoms with E-state index in [2.05, 4.69) is 0 Å². The molecule has 0 amide bonds. The lowest BCUT2D eigenvalue weighted by Gasteiger charge is -2.06. The molecule has 3 rings (SSSR count). The van der Waals surface area contributed by atoms with Gasteiger partial charge in [0.25, 0.3) is 0 Å². The SMILES string of the molecule is COc1cc(O)cc(-c2cc3cc(OC)c(OC)cc3o2)c1. The van der Waals surface area contributed by atoms with Crippen LogP contribution in [-0.4, -0.2) is 26.4 Å². The number of benzene rings is 2. The Morgan fingerprint density at radius 3 is 2.23 bits per heavy atom. The van der Waals surface area contributed by atoms with Gasteiger partial charge < -0.3 is 23.7 Å². The monoisotopic (exact) mass is 300 g/mol. The van der Waals surface area contributed by atoms with Crippen LogP contribution in [0.5, 0.6) is 23.0 Å². The van der Waals surface area contributed by atoms with Crippen LogP contribution in [0, 0.1) is 0 Å². The predicted octanol–water partition coefficient (Wildman–Crippen LogP) is 3.83. The first-order valence-corrected chi connectivity index (χ1v) is 6.68. The van der Waals surface area contributed by atoms with Gasteiger partial charge in [-0.3, -0.25) is 0 Å². The van der Waals surface area contributed by atoms with E-state index in [1.54, 1.807) is 39.5 Å². The van der Waals surface area contributed by atoms with E-state index in [0.717, 1.165) is 10.9 Å². The molecule has 1 aromatic heterocycles. The average Bonchev–Trinajstić information content (AvgIpc) is 2.95. The maximum absolute atomic E-state index is 9.76. The Kier molecular flexibility index (Phi) is 3.55. The third-order valence-corrected chi connectivity index (χ3v) is 3.43. The first-order valence-electron chi connectivity index (χ1n) is 6.68. The van der Waals surface area contributed by atoms with Gasteiger partial charge in [-0.2, -0.15) is 0 Å². The number of furan rings is 1. The summed E-state index contributed by atoms with van der Waals surface area (Å²) in [4.78, 5) is 0. The molecule has 0 spiro atoms. The maximum atomic E-state index is 9.76. The number of hydrogen-bond donors (Lipinski definition) is 1. The molecule has 114 valence electrons. The fourth-order valence-electron chi connectivity index (χ4n) is 2.35. The normalized spacial score (nSPS) is 10.7. The van der Waals surface area contributed by atoms with Crippen LogP contribution in [0.4, 0.5) is 0 Å². The molecule has 3 aromatic rings. The second-order valence-electron chi connectivity index (χ2n) is 4.78. The predicted molar refractivity (Wildman–Crippen MR) is 83.0 cm³/mol. The van der Waals surface area contributed by atoms with E-state index in [1.165, 1.54) is 6.07 Å². The lowest BCUT2D eigenvalue weighted by atomic mass is 10.1. The van der Waals surface area contributed by atoms with Gasteiger partial charge in [-0.15, -0.1) is 0 Å². The van der Waals surface area contributed by atoms with Gasteiger partial charge in [0.2, 0.25) is 0 Å². The van der Waals surface area contributed by atoms with E-state index in [0.29, 0.717) is 28.6 Å². The number of methoxy groups -OCH3 is 3. The van der Waals surface area contributed by atoms with Gasteiger partial charge in [-0.05, 0) is 24.3 Å². The fraction of sp³-hybridized carbons (Fsp3) is 0.176. The van der Waals surface area contributed by atoms with Crippen molar-refractivity contribution < 1.29 is 23.7 Å². The highest BCUT2D eigenvalue weighted by Gasteiger charge is 2.13. The van der Waals surface area contributed by atoms with Crippen molar-refractivity contribution in [1.82, 2.24) is 0 Å². The highest BCUT2D eigenvalue weighted by atomic mass is 16.5. The number of aromatic hydroxyl groups is 1. The molecular formula is C17H16O5. The van der Waals surface area contributed by atoms with E-state index < -0.39 is 0 Å². The summed E-state index contributed by atoms with van der Waals surface area (Å²) in [6, 6.07) is 10.5. The lowest BCUT2D eigenvalue weighted by molar-refractivity contribution is 0.355. The lowest BCUT2D eigenvalue weighted by Crippen LogP contribution is -1.89. The molecular weight excluding hydrogens is 284 g/mol. The molecule has 0 saturated heterocycles. The summed E-state index contributed by atoms with van der Waals surface area (Å²) in [6.45, 7) is 0. The van der Waals surface area contributed by atoms with Crippen LogP contribution < -0.4 is 14.2 Å². The number of ether oxygens (including phenoxy) is 3. The topological polar surface area (TPSA) is 61.1 Å². The highest BCUT2D eigenvalue weighted by molar-refractivity contribution is 5.86. The molecule has 0 radical (unpaired) electrons. The molecule has 5 nitrogen and oxygen atoms in total. The molecule has 0 aliphatic heterocycles. The third kappa shape index (κ3) is 2.41. The molecule has 0 bridgehead atoms. The van der Waals surface area contributed by atoms with Gasteiger partial charge in [0.1, 0.15) is 22.8 Å². The average molecular weight is 300 g/mol. The van der Waals surface area contributed by atoms with Crippen LogP contribution in [0.25, 0.3) is 22.3 Å². The molecule has 0 unspecified atom stereocenters. The van der Waals surface area contributed by atoms with Gasteiger partial charge in [0.05, 0.1) is 21.3 Å². The molecule has 0 atom stereocenters. The smallest absolute Gasteiger partial charge is 0.164 e. The minimum atomic E-state index is 0.116. The van der Waals surface area contributed by atoms with Gasteiger partial charge in [-0.25, -0.2) is 0 Å². The Morgan fingerprint density at radius 2 is 1.55 bits per heavy atom. The first kappa shape index (κ1) is 14.1. The summed E-state index contributed by atoms with van der Waals surface area (Å²) in [7, 11) is 4.71. The molecule has 5 heteroatoms. The molecule has 0 fully saturated rings. The zero-order chi connectivity index (χ0) is 15.7. The molecule has 0 saturated carbocycles. The molecule has 2 aromatic carbocycles. The molecule has 0 aliphatic carbocycles. The van der Waals surface area contributed by atoms with Crippen LogP contribution in [0.15, 0.2) is 40.8 Å². The van der Waals surface area contributed by atoms with E-state index in [1.807, 2.05) is 12.1 Å². The van der Waals surface area contributed by atoms with Crippen molar-refractivity contribution in [2.75, 3.05) is 21.3 Å². The fourth-order valence-corrected chi connectivity index (χ4v) is 2.35. The number of phenols is 1. The first-order chi connectivity index (χ1) is 10.6. The summed E-state index contributed by atoms with van der Waals surface area (Å²) >= 11 is 0. The number of phenolic OH excluding ortho intramolecular Hbond substituents is 1. The minimum absolute atomic E-state index is 0.116. The minimum Gasteiger partial charge on any atom is -0.508 e. The summed E-state index contributed by atoms with van der Waals surface area (Å²) < 4.78 is 21.6. The van der Waals surface area contributed by atoms with Gasteiger partial charge >= 0.3 is 0 Å². The standard InChI is InChI=1S/C17H16O5/c1-19-13-5-10(4-12(18)8-13)14-6-11-7-16(20-2)17(21-3)9-15(11)22-14/h4-9,18H,1-3H3. The van der Waals surface area contributed by atoms with Crippen LogP contribution in [-0.2, 0) is 0 Å². The summed E-state index contributed by atoms with van der Waals surface area (Å²) in [5.74, 6) is 2.54. The quantitative estimate of drug-likeness (QED) is 0.793. The Bertz CT molecular complexity index is 778. The Morgan fingerprint density at radius 1 is 0.818 bits per heavy atom. The Labute approximate surface area is 127 Å². The summed E-state index contributed by atoms with van der Waals surface area (Å²) in [5.41, 5.74) is 1.40. The van der Waals surface area contributed by atoms with Crippen LogP contribution in [0.2, 0.25) is 0 Å². The van der Waals surface area contributed by atoms with Gasteiger partial charge in [0.15, 0.2) is 11.5 Å². The summed E-state index contributed by atoms with van der Waals surface area (Å²) in [5, 5.41) is 10.6. The second kappa shape index (κ2) is 5.52. The maximum Gasteiger partial charge on any atom is 0.164 e. The molecule has 0 aliphatic rings. The van der Waals surface area contributed by atoms with E-state index in [-0.39, 0.29) is 5.75 Å². The molecule has 22 heavy (non-hydrogen) atoms. The highest BCUT2D eigenvalue weighted by Crippen LogP contribution is 2.37. The Hall–Kier alpha value is -2.82. The van der Waals surface area contributed by atoms with Gasteiger partial charge in [-0.1, -0.05) is 0 Å². The van der Waals surface area contributed by atoms with Crippen molar-refractivity contribution in [3.05, 3.63) is 36.4 Å². The van der Waals surface area contributed by atoms with Crippen molar-refractivity contribution in [3.8, 4) is 34.3 Å². The number of hydrogen-bond acceptors (Lipinski definition) is 5. The zero-order valence-corrected chi connectivity index (χ0v) is 12.5. The van der Waals surface area contributed by atoms with Crippen molar-refractivity contribution in [2.45, 2.75) is 0 Å². The van der Waals surface area contributed by atoms with E-state index in [9.17, 15) is 5.11 Å². The third-order valence-electron chi connectivity index (χ3n) is 3.43. The number of rotatable bonds is 4. The number of fused-ring (bicyclic) bond motifs is 1. The van der Waals surface area contributed by atoms with Crippen molar-refractivity contribution >= 4 is 11.0 Å².